The van der Waals surface area contributed by atoms with Crippen LogP contribution in [0, 0.1) is 17.1 Å². The fraction of sp³-hybridized carbons (Fsp3) is 0.0667. The number of ether oxygens (including phenoxy) is 1. The van der Waals surface area contributed by atoms with E-state index in [1.54, 1.807) is 18.2 Å². The van der Waals surface area contributed by atoms with Gasteiger partial charge in [0.05, 0.1) is 5.56 Å². The van der Waals surface area contributed by atoms with Crippen LogP contribution < -0.4 is 4.74 Å². The van der Waals surface area contributed by atoms with E-state index in [0.29, 0.717) is 21.3 Å². The Labute approximate surface area is 123 Å². The molecule has 100 valence electrons. The molecule has 0 spiro atoms. The lowest BCUT2D eigenvalue weighted by Gasteiger charge is -2.06. The lowest BCUT2D eigenvalue weighted by atomic mass is 10.1. The highest BCUT2D eigenvalue weighted by Crippen LogP contribution is 2.21. The Kier molecular flexibility index (Phi) is 4.49. The number of Topliss-reactive ketones (excluding diaryl/α,β-unsaturated/α-hetero) is 1. The Morgan fingerprint density at radius 1 is 1.25 bits per heavy atom. The number of rotatable bonds is 4. The van der Waals surface area contributed by atoms with Crippen LogP contribution in [0.15, 0.2) is 46.9 Å². The predicted octanol–water partition coefficient (Wildman–Crippen LogP) is 3.72. The third-order valence-corrected chi connectivity index (χ3v) is 3.29. The second-order valence-electron chi connectivity index (χ2n) is 3.97. The number of hydrogen-bond donors (Lipinski definition) is 0. The predicted molar refractivity (Wildman–Crippen MR) is 75.1 cm³/mol. The van der Waals surface area contributed by atoms with Gasteiger partial charge in [-0.3, -0.25) is 4.79 Å². The molecule has 2 aromatic carbocycles. The Morgan fingerprint density at radius 3 is 2.60 bits per heavy atom. The van der Waals surface area contributed by atoms with Gasteiger partial charge in [-0.15, -0.1) is 0 Å². The third kappa shape index (κ3) is 3.43. The normalized spacial score (nSPS) is 9.85. The van der Waals surface area contributed by atoms with E-state index in [9.17, 15) is 9.18 Å². The van der Waals surface area contributed by atoms with Crippen LogP contribution in [-0.2, 0) is 0 Å². The van der Waals surface area contributed by atoms with Crippen LogP contribution in [-0.4, -0.2) is 12.4 Å². The first kappa shape index (κ1) is 14.2. The summed E-state index contributed by atoms with van der Waals surface area (Å²) in [5.74, 6) is -0.222. The summed E-state index contributed by atoms with van der Waals surface area (Å²) in [7, 11) is 0. The first-order valence-electron chi connectivity index (χ1n) is 5.71. The molecule has 2 rings (SSSR count). The van der Waals surface area contributed by atoms with E-state index in [1.165, 1.54) is 24.3 Å². The van der Waals surface area contributed by atoms with Crippen LogP contribution in [0.3, 0.4) is 0 Å². The Bertz CT molecular complexity index is 677. The van der Waals surface area contributed by atoms with Crippen LogP contribution in [0.4, 0.5) is 4.39 Å². The van der Waals surface area contributed by atoms with Gasteiger partial charge >= 0.3 is 0 Å². The van der Waals surface area contributed by atoms with Crippen molar-refractivity contribution < 1.29 is 13.9 Å². The summed E-state index contributed by atoms with van der Waals surface area (Å²) < 4.78 is 18.7. The van der Waals surface area contributed by atoms with E-state index >= 15 is 0 Å². The highest BCUT2D eigenvalue weighted by molar-refractivity contribution is 9.10. The van der Waals surface area contributed by atoms with Gasteiger partial charge in [-0.05, 0) is 58.4 Å². The molecule has 0 unspecified atom stereocenters. The molecule has 0 aliphatic rings. The van der Waals surface area contributed by atoms with Crippen molar-refractivity contribution in [3.05, 3.63) is 63.9 Å². The number of benzene rings is 2. The van der Waals surface area contributed by atoms with Crippen molar-refractivity contribution in [3.8, 4) is 11.8 Å². The summed E-state index contributed by atoms with van der Waals surface area (Å²) in [6, 6.07) is 12.1. The van der Waals surface area contributed by atoms with Gasteiger partial charge in [0.1, 0.15) is 17.6 Å². The van der Waals surface area contributed by atoms with E-state index in [1.807, 2.05) is 6.07 Å². The minimum atomic E-state index is -0.394. The monoisotopic (exact) mass is 333 g/mol. The summed E-state index contributed by atoms with van der Waals surface area (Å²) in [6.45, 7) is -0.169. The maximum atomic E-state index is 12.7. The lowest BCUT2D eigenvalue weighted by Crippen LogP contribution is -2.11. The van der Waals surface area contributed by atoms with Crippen molar-refractivity contribution in [2.45, 2.75) is 0 Å². The number of ketones is 1. The van der Waals surface area contributed by atoms with E-state index < -0.39 is 5.82 Å². The minimum absolute atomic E-state index is 0.169. The van der Waals surface area contributed by atoms with Gasteiger partial charge in [-0.25, -0.2) is 4.39 Å². The fourth-order valence-corrected chi connectivity index (χ4v) is 1.88. The molecular formula is C15H9BrFNO2. The Balaban J connectivity index is 2.03. The topological polar surface area (TPSA) is 50.1 Å². The average molecular weight is 334 g/mol. The molecule has 3 nitrogen and oxygen atoms in total. The van der Waals surface area contributed by atoms with Gasteiger partial charge in [-0.2, -0.15) is 5.26 Å². The molecule has 0 amide bonds. The van der Waals surface area contributed by atoms with Crippen LogP contribution in [0.25, 0.3) is 0 Å². The molecule has 0 aliphatic heterocycles. The number of hydrogen-bond acceptors (Lipinski definition) is 3. The minimum Gasteiger partial charge on any atom is -0.485 e. The van der Waals surface area contributed by atoms with E-state index in [4.69, 9.17) is 10.00 Å². The van der Waals surface area contributed by atoms with Gasteiger partial charge in [0.25, 0.3) is 0 Å². The molecule has 0 aliphatic carbocycles. The zero-order chi connectivity index (χ0) is 14.5. The molecule has 20 heavy (non-hydrogen) atoms. The van der Waals surface area contributed by atoms with Crippen molar-refractivity contribution in [1.82, 2.24) is 0 Å². The van der Waals surface area contributed by atoms with E-state index in [0.717, 1.165) is 0 Å². The Morgan fingerprint density at radius 2 is 1.95 bits per heavy atom. The van der Waals surface area contributed by atoms with Gasteiger partial charge in [-0.1, -0.05) is 0 Å². The first-order chi connectivity index (χ1) is 9.60. The van der Waals surface area contributed by atoms with Gasteiger partial charge in [0.15, 0.2) is 12.4 Å². The van der Waals surface area contributed by atoms with Crippen molar-refractivity contribution in [2.75, 3.05) is 6.61 Å². The SMILES string of the molecule is N#Cc1cc(OCC(=O)c2ccc(F)cc2)ccc1Br. The number of carbonyl (C=O) groups excluding carboxylic acids is 1. The van der Waals surface area contributed by atoms with Crippen LogP contribution in [0.2, 0.25) is 0 Å². The van der Waals surface area contributed by atoms with Crippen LogP contribution >= 0.6 is 15.9 Å². The number of halogens is 2. The maximum absolute atomic E-state index is 12.7. The smallest absolute Gasteiger partial charge is 0.200 e. The second-order valence-corrected chi connectivity index (χ2v) is 4.83. The molecule has 0 saturated heterocycles. The zero-order valence-corrected chi connectivity index (χ0v) is 11.9. The van der Waals surface area contributed by atoms with Crippen LogP contribution in [0.5, 0.6) is 5.75 Å². The maximum Gasteiger partial charge on any atom is 0.200 e. The third-order valence-electron chi connectivity index (χ3n) is 2.59. The van der Waals surface area contributed by atoms with Crippen LogP contribution in [0.1, 0.15) is 15.9 Å². The summed E-state index contributed by atoms with van der Waals surface area (Å²) in [5, 5.41) is 8.89. The zero-order valence-electron chi connectivity index (χ0n) is 10.3. The van der Waals surface area contributed by atoms with Crippen molar-refractivity contribution in [3.63, 3.8) is 0 Å². The fourth-order valence-electron chi connectivity index (χ4n) is 1.55. The molecule has 0 atom stereocenters. The summed E-state index contributed by atoms with van der Waals surface area (Å²) in [4.78, 5) is 11.8. The molecule has 0 N–H and O–H groups in total. The van der Waals surface area contributed by atoms with Crippen molar-refractivity contribution >= 4 is 21.7 Å². The van der Waals surface area contributed by atoms with Crippen molar-refractivity contribution in [2.24, 2.45) is 0 Å². The summed E-state index contributed by atoms with van der Waals surface area (Å²) in [6.07, 6.45) is 0. The van der Waals surface area contributed by atoms with E-state index in [2.05, 4.69) is 15.9 Å². The molecule has 0 bridgehead atoms. The molecule has 0 saturated carbocycles. The van der Waals surface area contributed by atoms with Gasteiger partial charge in [0.2, 0.25) is 0 Å². The summed E-state index contributed by atoms with van der Waals surface area (Å²) in [5.41, 5.74) is 0.806. The quantitative estimate of drug-likeness (QED) is 0.801. The molecule has 0 radical (unpaired) electrons. The molecule has 0 heterocycles. The van der Waals surface area contributed by atoms with E-state index in [-0.39, 0.29) is 12.4 Å². The van der Waals surface area contributed by atoms with Gasteiger partial charge in [0, 0.05) is 10.0 Å². The molecule has 2 aromatic rings. The Hall–Kier alpha value is -2.19. The highest BCUT2D eigenvalue weighted by atomic mass is 79.9. The van der Waals surface area contributed by atoms with Crippen molar-refractivity contribution in [1.29, 1.82) is 5.26 Å². The van der Waals surface area contributed by atoms with Gasteiger partial charge < -0.3 is 4.74 Å². The summed E-state index contributed by atoms with van der Waals surface area (Å²) >= 11 is 3.23. The standard InChI is InChI=1S/C15H9BrFNO2/c16-14-6-5-13(7-11(14)8-18)20-9-15(19)10-1-3-12(17)4-2-10/h1-7H,9H2. The molecular weight excluding hydrogens is 325 g/mol. The highest BCUT2D eigenvalue weighted by Gasteiger charge is 2.08. The molecule has 0 aromatic heterocycles. The molecule has 0 fully saturated rings. The number of carbonyl (C=O) groups is 1. The largest absolute Gasteiger partial charge is 0.485 e. The first-order valence-corrected chi connectivity index (χ1v) is 6.50. The number of nitriles is 1. The molecule has 5 heteroatoms. The average Bonchev–Trinajstić information content (AvgIpc) is 2.46. The second kappa shape index (κ2) is 6.31. The number of nitrogens with zero attached hydrogens (tertiary/aromatic N) is 1. The lowest BCUT2D eigenvalue weighted by molar-refractivity contribution is 0.0921.